The Labute approximate surface area is 126 Å². The van der Waals surface area contributed by atoms with Crippen LogP contribution in [-0.4, -0.2) is 22.5 Å². The minimum absolute atomic E-state index is 0.0230. The Morgan fingerprint density at radius 1 is 1.29 bits per heavy atom. The minimum Gasteiger partial charge on any atom is -0.370 e. The standard InChI is InChI=1S/C15H26N4O2/c1-5-10-16-14-9-8-13(19(20)21)15(18-14)17-11(4)12(6-2)7-3/h8-9,11-12H,5-7,10H2,1-4H3,(H2,16,17,18). The largest absolute Gasteiger partial charge is 0.370 e. The maximum absolute atomic E-state index is 11.1. The Morgan fingerprint density at radius 3 is 2.48 bits per heavy atom. The van der Waals surface area contributed by atoms with Crippen LogP contribution in [0.4, 0.5) is 17.3 Å². The molecule has 1 atom stereocenters. The molecule has 0 fully saturated rings. The number of rotatable bonds is 9. The van der Waals surface area contributed by atoms with Gasteiger partial charge in [0.25, 0.3) is 0 Å². The zero-order chi connectivity index (χ0) is 15.8. The summed E-state index contributed by atoms with van der Waals surface area (Å²) < 4.78 is 0. The summed E-state index contributed by atoms with van der Waals surface area (Å²) in [5, 5.41) is 17.5. The lowest BCUT2D eigenvalue weighted by Crippen LogP contribution is -2.26. The van der Waals surface area contributed by atoms with Gasteiger partial charge in [-0.05, 0) is 25.3 Å². The molecule has 0 amide bonds. The molecule has 0 saturated heterocycles. The summed E-state index contributed by atoms with van der Waals surface area (Å²) in [7, 11) is 0. The number of pyridine rings is 1. The topological polar surface area (TPSA) is 80.1 Å². The van der Waals surface area contributed by atoms with Crippen LogP contribution in [0.5, 0.6) is 0 Å². The third kappa shape index (κ3) is 4.88. The number of anilines is 2. The van der Waals surface area contributed by atoms with Gasteiger partial charge in [0.1, 0.15) is 5.82 Å². The summed E-state index contributed by atoms with van der Waals surface area (Å²) in [4.78, 5) is 15.1. The second-order valence-electron chi connectivity index (χ2n) is 5.26. The normalized spacial score (nSPS) is 12.2. The monoisotopic (exact) mass is 294 g/mol. The van der Waals surface area contributed by atoms with E-state index < -0.39 is 4.92 Å². The van der Waals surface area contributed by atoms with E-state index in [1.165, 1.54) is 6.07 Å². The van der Waals surface area contributed by atoms with Crippen molar-refractivity contribution >= 4 is 17.3 Å². The lowest BCUT2D eigenvalue weighted by molar-refractivity contribution is -0.384. The van der Waals surface area contributed by atoms with E-state index >= 15 is 0 Å². The molecule has 21 heavy (non-hydrogen) atoms. The summed E-state index contributed by atoms with van der Waals surface area (Å²) >= 11 is 0. The zero-order valence-corrected chi connectivity index (χ0v) is 13.3. The second kappa shape index (κ2) is 8.44. The third-order valence-electron chi connectivity index (χ3n) is 3.75. The highest BCUT2D eigenvalue weighted by molar-refractivity contribution is 5.60. The van der Waals surface area contributed by atoms with Gasteiger partial charge in [0, 0.05) is 18.7 Å². The highest BCUT2D eigenvalue weighted by Gasteiger charge is 2.20. The number of nitrogens with one attached hydrogen (secondary N) is 2. The van der Waals surface area contributed by atoms with E-state index in [4.69, 9.17) is 0 Å². The predicted molar refractivity (Wildman–Crippen MR) is 86.8 cm³/mol. The van der Waals surface area contributed by atoms with Crippen LogP contribution in [0.3, 0.4) is 0 Å². The van der Waals surface area contributed by atoms with E-state index in [0.29, 0.717) is 17.6 Å². The van der Waals surface area contributed by atoms with Gasteiger partial charge < -0.3 is 10.6 Å². The van der Waals surface area contributed by atoms with Crippen molar-refractivity contribution in [2.45, 2.75) is 53.0 Å². The fraction of sp³-hybridized carbons (Fsp3) is 0.667. The molecule has 1 unspecified atom stereocenters. The molecule has 0 radical (unpaired) electrons. The first-order valence-corrected chi connectivity index (χ1v) is 7.69. The van der Waals surface area contributed by atoms with Gasteiger partial charge in [-0.25, -0.2) is 4.98 Å². The average Bonchev–Trinajstić information content (AvgIpc) is 2.46. The van der Waals surface area contributed by atoms with Crippen molar-refractivity contribution in [2.75, 3.05) is 17.2 Å². The lowest BCUT2D eigenvalue weighted by Gasteiger charge is -2.23. The molecule has 1 rings (SSSR count). The van der Waals surface area contributed by atoms with Crippen LogP contribution in [0.15, 0.2) is 12.1 Å². The molecule has 1 aromatic rings. The number of hydrogen-bond donors (Lipinski definition) is 2. The van der Waals surface area contributed by atoms with Crippen molar-refractivity contribution < 1.29 is 4.92 Å². The molecule has 0 bridgehead atoms. The molecule has 2 N–H and O–H groups in total. The number of nitro groups is 1. The first-order valence-electron chi connectivity index (χ1n) is 7.69. The van der Waals surface area contributed by atoms with Crippen molar-refractivity contribution in [3.63, 3.8) is 0 Å². The molecule has 6 heteroatoms. The van der Waals surface area contributed by atoms with Crippen LogP contribution < -0.4 is 10.6 Å². The highest BCUT2D eigenvalue weighted by Crippen LogP contribution is 2.26. The van der Waals surface area contributed by atoms with Crippen LogP contribution in [0.25, 0.3) is 0 Å². The molecule has 0 saturated carbocycles. The van der Waals surface area contributed by atoms with Crippen LogP contribution in [-0.2, 0) is 0 Å². The first-order chi connectivity index (χ1) is 10.0. The van der Waals surface area contributed by atoms with Gasteiger partial charge in [-0.2, -0.15) is 0 Å². The SMILES string of the molecule is CCCNc1ccc([N+](=O)[O-])c(NC(C)C(CC)CC)n1. The molecule has 118 valence electrons. The van der Waals surface area contributed by atoms with E-state index in [1.807, 2.05) is 0 Å². The Bertz CT molecular complexity index is 461. The zero-order valence-electron chi connectivity index (χ0n) is 13.3. The fourth-order valence-electron chi connectivity index (χ4n) is 2.39. The van der Waals surface area contributed by atoms with Gasteiger partial charge in [0.2, 0.25) is 5.82 Å². The Morgan fingerprint density at radius 2 is 1.95 bits per heavy atom. The lowest BCUT2D eigenvalue weighted by atomic mass is 9.95. The van der Waals surface area contributed by atoms with Crippen LogP contribution >= 0.6 is 0 Å². The van der Waals surface area contributed by atoms with Gasteiger partial charge in [0.15, 0.2) is 0 Å². The Kier molecular flexibility index (Phi) is 6.91. The third-order valence-corrected chi connectivity index (χ3v) is 3.75. The van der Waals surface area contributed by atoms with E-state index in [9.17, 15) is 10.1 Å². The fourth-order valence-corrected chi connectivity index (χ4v) is 2.39. The van der Waals surface area contributed by atoms with Crippen molar-refractivity contribution in [1.82, 2.24) is 4.98 Å². The van der Waals surface area contributed by atoms with Crippen molar-refractivity contribution in [3.8, 4) is 0 Å². The molecule has 0 aliphatic heterocycles. The molecule has 0 spiro atoms. The number of aromatic nitrogens is 1. The van der Waals surface area contributed by atoms with E-state index in [2.05, 4.69) is 43.3 Å². The van der Waals surface area contributed by atoms with Crippen molar-refractivity contribution in [2.24, 2.45) is 5.92 Å². The van der Waals surface area contributed by atoms with Crippen molar-refractivity contribution in [1.29, 1.82) is 0 Å². The summed E-state index contributed by atoms with van der Waals surface area (Å²) in [5.41, 5.74) is 0.0230. The molecule has 0 aliphatic carbocycles. The highest BCUT2D eigenvalue weighted by atomic mass is 16.6. The van der Waals surface area contributed by atoms with Crippen LogP contribution in [0, 0.1) is 16.0 Å². The van der Waals surface area contributed by atoms with Crippen LogP contribution in [0.1, 0.15) is 47.0 Å². The smallest absolute Gasteiger partial charge is 0.311 e. The minimum atomic E-state index is -0.390. The van der Waals surface area contributed by atoms with Gasteiger partial charge in [0.05, 0.1) is 4.92 Å². The van der Waals surface area contributed by atoms with Gasteiger partial charge >= 0.3 is 5.69 Å². The molecule has 0 aliphatic rings. The second-order valence-corrected chi connectivity index (χ2v) is 5.26. The van der Waals surface area contributed by atoms with E-state index in [-0.39, 0.29) is 11.7 Å². The maximum atomic E-state index is 11.1. The summed E-state index contributed by atoms with van der Waals surface area (Å²) in [6, 6.07) is 3.31. The van der Waals surface area contributed by atoms with Crippen LogP contribution in [0.2, 0.25) is 0 Å². The molecule has 1 heterocycles. The quantitative estimate of drug-likeness (QED) is 0.530. The number of nitrogens with zero attached hydrogens (tertiary/aromatic N) is 2. The predicted octanol–water partition coefficient (Wildman–Crippen LogP) is 4.05. The molecule has 0 aromatic carbocycles. The molecule has 6 nitrogen and oxygen atoms in total. The molecule has 1 aromatic heterocycles. The van der Waals surface area contributed by atoms with E-state index in [1.54, 1.807) is 6.07 Å². The van der Waals surface area contributed by atoms with Gasteiger partial charge in [-0.1, -0.05) is 33.6 Å². The Hall–Kier alpha value is -1.85. The average molecular weight is 294 g/mol. The summed E-state index contributed by atoms with van der Waals surface area (Å²) in [5.74, 6) is 1.49. The summed E-state index contributed by atoms with van der Waals surface area (Å²) in [6.45, 7) is 9.18. The number of hydrogen-bond acceptors (Lipinski definition) is 5. The van der Waals surface area contributed by atoms with Crippen molar-refractivity contribution in [3.05, 3.63) is 22.2 Å². The molecular formula is C15H26N4O2. The molecular weight excluding hydrogens is 268 g/mol. The Balaban J connectivity index is 2.97. The maximum Gasteiger partial charge on any atom is 0.311 e. The van der Waals surface area contributed by atoms with E-state index in [0.717, 1.165) is 25.8 Å². The summed E-state index contributed by atoms with van der Waals surface area (Å²) in [6.07, 6.45) is 3.05. The first kappa shape index (κ1) is 17.2. The van der Waals surface area contributed by atoms with Gasteiger partial charge in [-0.3, -0.25) is 10.1 Å². The van der Waals surface area contributed by atoms with Gasteiger partial charge in [-0.15, -0.1) is 0 Å².